The molecule has 4 fully saturated rings. The average molecular weight is 443 g/mol. The van der Waals surface area contributed by atoms with Crippen LogP contribution >= 0.6 is 0 Å². The maximum Gasteiger partial charge on any atom is 0.252 e. The number of para-hydroxylation sites is 2. The molecule has 0 atom stereocenters. The summed E-state index contributed by atoms with van der Waals surface area (Å²) in [6, 6.07) is 12.4. The van der Waals surface area contributed by atoms with Crippen LogP contribution < -0.4 is 10.0 Å². The first-order valence-electron chi connectivity index (χ1n) is 12.3. The van der Waals surface area contributed by atoms with Crippen molar-refractivity contribution in [1.29, 1.82) is 0 Å². The predicted molar refractivity (Wildman–Crippen MR) is 127 cm³/mol. The fourth-order valence-electron chi connectivity index (χ4n) is 7.95. The molecule has 2 heterocycles. The molecule has 170 valence electrons. The Bertz CT molecular complexity index is 1160. The van der Waals surface area contributed by atoms with E-state index in [1.807, 2.05) is 23.2 Å². The molecule has 4 saturated carbocycles. The lowest BCUT2D eigenvalue weighted by atomic mass is 9.49. The number of hydrogen-bond donors (Lipinski definition) is 0. The quantitative estimate of drug-likeness (QED) is 0.623. The molecule has 0 saturated heterocycles. The van der Waals surface area contributed by atoms with Crippen LogP contribution in [0.25, 0.3) is 0 Å². The first kappa shape index (κ1) is 19.6. The van der Waals surface area contributed by atoms with Crippen molar-refractivity contribution in [2.24, 2.45) is 28.3 Å². The van der Waals surface area contributed by atoms with Crippen LogP contribution in [0.2, 0.25) is 0 Å². The molecule has 8 rings (SSSR count). The molecule has 33 heavy (non-hydrogen) atoms. The molecule has 6 nitrogen and oxygen atoms in total. The Morgan fingerprint density at radius 3 is 2.12 bits per heavy atom. The number of carbonyl (C=O) groups excluding carboxylic acids is 1. The highest BCUT2D eigenvalue weighted by atomic mass is 16.9. The zero-order valence-corrected chi connectivity index (χ0v) is 19.5. The molecule has 2 aliphatic heterocycles. The number of amides is 1. The van der Waals surface area contributed by atoms with Crippen LogP contribution in [0.5, 0.6) is 0 Å². The number of oxime groups is 1. The minimum atomic E-state index is -0.264. The lowest BCUT2D eigenvalue weighted by Gasteiger charge is -2.56. The van der Waals surface area contributed by atoms with Crippen LogP contribution in [0, 0.1) is 43.9 Å². The molecular weight excluding hydrogens is 412 g/mol. The van der Waals surface area contributed by atoms with E-state index < -0.39 is 0 Å². The van der Waals surface area contributed by atoms with Gasteiger partial charge in [-0.2, -0.15) is 10.0 Å². The van der Waals surface area contributed by atoms with E-state index >= 15 is 0 Å². The highest BCUT2D eigenvalue weighted by Crippen LogP contribution is 2.61. The van der Waals surface area contributed by atoms with Gasteiger partial charge >= 0.3 is 0 Å². The topological polar surface area (TPSA) is 48.4 Å². The summed E-state index contributed by atoms with van der Waals surface area (Å²) in [5.74, 6) is 3.04. The van der Waals surface area contributed by atoms with Crippen LogP contribution in [0.1, 0.15) is 60.8 Å². The minimum absolute atomic E-state index is 0.186. The van der Waals surface area contributed by atoms with E-state index in [1.54, 1.807) is 10.3 Å². The van der Waals surface area contributed by atoms with E-state index in [2.05, 4.69) is 44.1 Å². The number of nitrogens with zero attached hydrogens (tertiary/aromatic N) is 4. The van der Waals surface area contributed by atoms with Crippen molar-refractivity contribution in [3.05, 3.63) is 58.7 Å². The van der Waals surface area contributed by atoms with Crippen molar-refractivity contribution >= 4 is 23.1 Å². The summed E-state index contributed by atoms with van der Waals surface area (Å²) in [5, 5.41) is 9.84. The van der Waals surface area contributed by atoms with Gasteiger partial charge in [0.1, 0.15) is 0 Å². The molecule has 2 aromatic carbocycles. The molecular formula is C27H30N4O2. The third-order valence-corrected chi connectivity index (χ3v) is 8.67. The first-order chi connectivity index (χ1) is 15.9. The van der Waals surface area contributed by atoms with Gasteiger partial charge in [0, 0.05) is 5.56 Å². The number of anilines is 2. The Balaban J connectivity index is 1.30. The third kappa shape index (κ3) is 2.64. The van der Waals surface area contributed by atoms with Crippen molar-refractivity contribution < 1.29 is 9.73 Å². The highest BCUT2D eigenvalue weighted by molar-refractivity contribution is 6.16. The number of benzene rings is 2. The van der Waals surface area contributed by atoms with Gasteiger partial charge in [-0.05, 0) is 105 Å². The average Bonchev–Trinajstić information content (AvgIpc) is 3.30. The van der Waals surface area contributed by atoms with Crippen LogP contribution in [0.15, 0.2) is 41.6 Å². The Kier molecular flexibility index (Phi) is 3.92. The van der Waals surface area contributed by atoms with E-state index in [1.165, 1.54) is 24.8 Å². The molecule has 0 aromatic heterocycles. The summed E-state index contributed by atoms with van der Waals surface area (Å²) in [5.41, 5.74) is 6.14. The summed E-state index contributed by atoms with van der Waals surface area (Å²) in [4.78, 5) is 20.3. The Morgan fingerprint density at radius 1 is 0.939 bits per heavy atom. The van der Waals surface area contributed by atoms with E-state index in [4.69, 9.17) is 4.94 Å². The minimum Gasteiger partial charge on any atom is -0.272 e. The number of rotatable bonds is 2. The van der Waals surface area contributed by atoms with E-state index in [9.17, 15) is 4.79 Å². The first-order valence-corrected chi connectivity index (χ1v) is 12.3. The highest BCUT2D eigenvalue weighted by Gasteiger charge is 2.59. The molecule has 0 N–H and O–H groups in total. The van der Waals surface area contributed by atoms with Gasteiger partial charge in [-0.1, -0.05) is 29.8 Å². The van der Waals surface area contributed by atoms with Gasteiger partial charge in [0.05, 0.1) is 22.1 Å². The molecule has 0 spiro atoms. The van der Waals surface area contributed by atoms with Gasteiger partial charge < -0.3 is 0 Å². The maximum atomic E-state index is 14.4. The van der Waals surface area contributed by atoms with Gasteiger partial charge in [0.15, 0.2) is 0 Å². The number of hydrazine groups is 2. The summed E-state index contributed by atoms with van der Waals surface area (Å²) in [6.45, 7) is 6.34. The molecule has 0 radical (unpaired) electrons. The maximum absolute atomic E-state index is 14.4. The van der Waals surface area contributed by atoms with Crippen molar-refractivity contribution in [3.8, 4) is 0 Å². The molecule has 4 bridgehead atoms. The number of hydrogen-bond acceptors (Lipinski definition) is 5. The van der Waals surface area contributed by atoms with E-state index in [0.717, 1.165) is 53.2 Å². The van der Waals surface area contributed by atoms with Gasteiger partial charge in [-0.3, -0.25) is 9.73 Å². The SMILES string of the molecule is Cc1cc(C)c(C2=NON3N(C(=O)C45CC6CC(CC(C6)C4)C5)c4ccccc4N23)c(C)c1. The van der Waals surface area contributed by atoms with Crippen LogP contribution in [-0.2, 0) is 9.73 Å². The molecule has 6 aliphatic rings. The van der Waals surface area contributed by atoms with Gasteiger partial charge in [0.25, 0.3) is 5.91 Å². The Labute approximate surface area is 194 Å². The second-order valence-corrected chi connectivity index (χ2v) is 11.1. The fraction of sp³-hybridized carbons (Fsp3) is 0.481. The summed E-state index contributed by atoms with van der Waals surface area (Å²) in [6.07, 6.45) is 7.01. The number of aryl methyl sites for hydroxylation is 3. The predicted octanol–water partition coefficient (Wildman–Crippen LogP) is 5.42. The van der Waals surface area contributed by atoms with E-state index in [-0.39, 0.29) is 11.3 Å². The normalized spacial score (nSPS) is 31.5. The number of amidine groups is 1. The van der Waals surface area contributed by atoms with Gasteiger partial charge in [0.2, 0.25) is 5.84 Å². The third-order valence-electron chi connectivity index (χ3n) is 8.67. The van der Waals surface area contributed by atoms with Crippen molar-refractivity contribution in [3.63, 3.8) is 0 Å². The lowest BCUT2D eigenvalue weighted by Crippen LogP contribution is -2.59. The Morgan fingerprint density at radius 2 is 1.52 bits per heavy atom. The number of carbonyl (C=O) groups is 1. The monoisotopic (exact) mass is 442 g/mol. The van der Waals surface area contributed by atoms with Crippen molar-refractivity contribution in [2.45, 2.75) is 59.3 Å². The fourth-order valence-corrected chi connectivity index (χ4v) is 7.95. The second kappa shape index (κ2) is 6.60. The van der Waals surface area contributed by atoms with Crippen molar-refractivity contribution in [2.75, 3.05) is 10.0 Å². The second-order valence-electron chi connectivity index (χ2n) is 11.1. The van der Waals surface area contributed by atoms with Crippen LogP contribution in [0.4, 0.5) is 11.4 Å². The summed E-state index contributed by atoms with van der Waals surface area (Å²) < 4.78 is 0. The lowest BCUT2D eigenvalue weighted by molar-refractivity contribution is -0.173. The van der Waals surface area contributed by atoms with Gasteiger partial charge in [-0.15, -0.1) is 0 Å². The zero-order chi connectivity index (χ0) is 22.5. The number of fused-ring (bicyclic) bond motifs is 3. The molecule has 1 amide bonds. The smallest absolute Gasteiger partial charge is 0.252 e. The summed E-state index contributed by atoms with van der Waals surface area (Å²) >= 11 is 0. The largest absolute Gasteiger partial charge is 0.272 e. The van der Waals surface area contributed by atoms with Gasteiger partial charge in [-0.25, -0.2) is 0 Å². The summed E-state index contributed by atoms with van der Waals surface area (Å²) in [7, 11) is 0. The standard InChI is InChI=1S/C27H30N4O2/c1-16-8-17(2)24(18(3)9-16)25-28-33-31-29(25)22-6-4-5-7-23(22)30(31)26(32)27-13-19-10-20(14-27)12-21(11-19)15-27/h4-9,19-21H,10-15H2,1-3H3. The van der Waals surface area contributed by atoms with Crippen LogP contribution in [0.3, 0.4) is 0 Å². The molecule has 6 heteroatoms. The molecule has 2 aromatic rings. The zero-order valence-electron chi connectivity index (χ0n) is 19.5. The Hall–Kier alpha value is -2.86. The molecule has 0 unspecified atom stereocenters. The van der Waals surface area contributed by atoms with Crippen molar-refractivity contribution in [1.82, 2.24) is 5.28 Å². The van der Waals surface area contributed by atoms with E-state index in [0.29, 0.717) is 17.8 Å². The molecule has 4 aliphatic carbocycles. The van der Waals surface area contributed by atoms with Crippen LogP contribution in [-0.4, -0.2) is 17.0 Å².